The number of thioether (sulfide) groups is 1. The van der Waals surface area contributed by atoms with Crippen molar-refractivity contribution < 1.29 is 0 Å². The molecule has 3 aromatic heterocycles. The van der Waals surface area contributed by atoms with E-state index in [9.17, 15) is 4.79 Å². The van der Waals surface area contributed by atoms with E-state index in [0.717, 1.165) is 34.4 Å². The molecule has 0 aliphatic rings. The van der Waals surface area contributed by atoms with Crippen molar-refractivity contribution >= 4 is 28.4 Å². The molecule has 0 aliphatic heterocycles. The fraction of sp³-hybridized carbons (Fsp3) is 0.227. The van der Waals surface area contributed by atoms with Crippen LogP contribution in [0.15, 0.2) is 58.5 Å². The van der Waals surface area contributed by atoms with E-state index >= 15 is 0 Å². The molecule has 0 amide bonds. The summed E-state index contributed by atoms with van der Waals surface area (Å²) in [6.45, 7) is 4.92. The highest BCUT2D eigenvalue weighted by molar-refractivity contribution is 7.98. The van der Waals surface area contributed by atoms with Crippen molar-refractivity contribution in [2.45, 2.75) is 31.3 Å². The number of para-hydroxylation sites is 1. The van der Waals surface area contributed by atoms with Gasteiger partial charge in [-0.15, -0.1) is 20.4 Å². The Morgan fingerprint density at radius 2 is 1.84 bits per heavy atom. The van der Waals surface area contributed by atoms with Gasteiger partial charge in [-0.1, -0.05) is 47.7 Å². The fourth-order valence-electron chi connectivity index (χ4n) is 3.79. The summed E-state index contributed by atoms with van der Waals surface area (Å²) in [6, 6.07) is 15.8. The van der Waals surface area contributed by atoms with Gasteiger partial charge in [-0.05, 0) is 32.0 Å². The molecule has 5 aromatic rings. The first-order valence-corrected chi connectivity index (χ1v) is 11.0. The number of aromatic nitrogens is 7. The van der Waals surface area contributed by atoms with E-state index in [-0.39, 0.29) is 5.56 Å². The van der Waals surface area contributed by atoms with Crippen LogP contribution in [0, 0.1) is 6.92 Å². The maximum absolute atomic E-state index is 12.6. The third-order valence-electron chi connectivity index (χ3n) is 5.33. The number of nitrogens with zero attached hydrogens (tertiary/aromatic N) is 7. The van der Waals surface area contributed by atoms with Crippen molar-refractivity contribution in [3.63, 3.8) is 0 Å². The van der Waals surface area contributed by atoms with Gasteiger partial charge in [0.2, 0.25) is 5.78 Å². The first-order valence-electron chi connectivity index (χ1n) is 10.0. The highest BCUT2D eigenvalue weighted by atomic mass is 32.2. The maximum atomic E-state index is 12.6. The largest absolute Gasteiger partial charge is 0.302 e. The molecular weight excluding hydrogens is 410 g/mol. The summed E-state index contributed by atoms with van der Waals surface area (Å²) in [5.41, 5.74) is 2.96. The molecule has 0 atom stereocenters. The van der Waals surface area contributed by atoms with Crippen LogP contribution in [-0.4, -0.2) is 33.9 Å². The second-order valence-corrected chi connectivity index (χ2v) is 8.28. The van der Waals surface area contributed by atoms with Crippen molar-refractivity contribution in [2.75, 3.05) is 0 Å². The number of fused-ring (bicyclic) bond motifs is 3. The minimum atomic E-state index is -0.0803. The summed E-state index contributed by atoms with van der Waals surface area (Å²) in [5, 5.41) is 19.0. The molecule has 0 saturated heterocycles. The number of benzene rings is 2. The van der Waals surface area contributed by atoms with Gasteiger partial charge in [0.1, 0.15) is 5.82 Å². The van der Waals surface area contributed by atoms with Crippen molar-refractivity contribution in [1.29, 1.82) is 0 Å². The first-order chi connectivity index (χ1) is 15.1. The van der Waals surface area contributed by atoms with E-state index in [4.69, 9.17) is 0 Å². The number of hydrogen-bond donors (Lipinski definition) is 0. The lowest BCUT2D eigenvalue weighted by atomic mass is 10.1. The molecule has 2 aromatic carbocycles. The van der Waals surface area contributed by atoms with Gasteiger partial charge >= 0.3 is 0 Å². The summed E-state index contributed by atoms with van der Waals surface area (Å²) in [7, 11) is 1.72. The zero-order chi connectivity index (χ0) is 21.5. The van der Waals surface area contributed by atoms with Crippen molar-refractivity contribution in [2.24, 2.45) is 7.05 Å². The molecular formula is C22H21N7OS. The number of hydrogen-bond acceptors (Lipinski definition) is 6. The average molecular weight is 432 g/mol. The van der Waals surface area contributed by atoms with Gasteiger partial charge in [0.25, 0.3) is 5.56 Å². The molecule has 9 heteroatoms. The first kappa shape index (κ1) is 19.5. The molecule has 156 valence electrons. The second-order valence-electron chi connectivity index (χ2n) is 7.34. The van der Waals surface area contributed by atoms with E-state index in [1.807, 2.05) is 34.7 Å². The SMILES string of the molecule is CCn1c(SCc2nnc3n(C)c(=O)c4ccccc4n23)nnc1-c1cccc(C)c1. The monoisotopic (exact) mass is 431 g/mol. The summed E-state index contributed by atoms with van der Waals surface area (Å²) in [6.07, 6.45) is 0. The average Bonchev–Trinajstić information content (AvgIpc) is 3.40. The quantitative estimate of drug-likeness (QED) is 0.396. The van der Waals surface area contributed by atoms with E-state index in [1.165, 1.54) is 10.1 Å². The van der Waals surface area contributed by atoms with Gasteiger partial charge in [0.05, 0.1) is 16.7 Å². The molecule has 0 spiro atoms. The molecule has 3 heterocycles. The molecule has 0 fully saturated rings. The second kappa shape index (κ2) is 7.66. The maximum Gasteiger partial charge on any atom is 0.262 e. The minimum absolute atomic E-state index is 0.0803. The minimum Gasteiger partial charge on any atom is -0.302 e. The molecule has 0 radical (unpaired) electrons. The third kappa shape index (κ3) is 3.21. The van der Waals surface area contributed by atoms with Gasteiger partial charge in [0, 0.05) is 19.2 Å². The zero-order valence-electron chi connectivity index (χ0n) is 17.5. The van der Waals surface area contributed by atoms with Crippen LogP contribution in [0.1, 0.15) is 18.3 Å². The molecule has 8 nitrogen and oxygen atoms in total. The van der Waals surface area contributed by atoms with Crippen molar-refractivity contribution in [3.05, 3.63) is 70.3 Å². The van der Waals surface area contributed by atoms with Crippen LogP contribution < -0.4 is 5.56 Å². The lowest BCUT2D eigenvalue weighted by molar-refractivity contribution is 0.687. The third-order valence-corrected chi connectivity index (χ3v) is 6.30. The van der Waals surface area contributed by atoms with Gasteiger partial charge in [-0.3, -0.25) is 13.8 Å². The Bertz CT molecular complexity index is 1480. The van der Waals surface area contributed by atoms with E-state index in [2.05, 4.69) is 57.0 Å². The lowest BCUT2D eigenvalue weighted by Gasteiger charge is -2.09. The van der Waals surface area contributed by atoms with E-state index in [0.29, 0.717) is 16.9 Å². The van der Waals surface area contributed by atoms with Crippen LogP contribution in [0.4, 0.5) is 0 Å². The Hall–Kier alpha value is -3.46. The van der Waals surface area contributed by atoms with Gasteiger partial charge in [0.15, 0.2) is 11.0 Å². The normalized spacial score (nSPS) is 11.6. The Morgan fingerprint density at radius 1 is 1.00 bits per heavy atom. The Labute approximate surface area is 182 Å². The Morgan fingerprint density at radius 3 is 2.65 bits per heavy atom. The lowest BCUT2D eigenvalue weighted by Crippen LogP contribution is -2.20. The topological polar surface area (TPSA) is 82.9 Å². The van der Waals surface area contributed by atoms with Crippen LogP contribution in [0.25, 0.3) is 28.1 Å². The van der Waals surface area contributed by atoms with Crippen LogP contribution in [0.2, 0.25) is 0 Å². The molecule has 0 saturated carbocycles. The summed E-state index contributed by atoms with van der Waals surface area (Å²) in [5.74, 6) is 2.69. The van der Waals surface area contributed by atoms with E-state index < -0.39 is 0 Å². The Kier molecular flexibility index (Phi) is 4.82. The molecule has 0 N–H and O–H groups in total. The summed E-state index contributed by atoms with van der Waals surface area (Å²) < 4.78 is 5.59. The molecule has 31 heavy (non-hydrogen) atoms. The highest BCUT2D eigenvalue weighted by Gasteiger charge is 2.17. The molecule has 0 unspecified atom stereocenters. The van der Waals surface area contributed by atoms with Crippen LogP contribution in [0.3, 0.4) is 0 Å². The zero-order valence-corrected chi connectivity index (χ0v) is 18.3. The van der Waals surface area contributed by atoms with Crippen molar-refractivity contribution in [1.82, 2.24) is 33.9 Å². The van der Waals surface area contributed by atoms with Crippen molar-refractivity contribution in [3.8, 4) is 11.4 Å². The standard InChI is InChI=1S/C22H21N7OS/c1-4-28-19(15-9-7-8-14(2)12-15)24-26-22(28)31-13-18-23-25-21-27(3)20(30)16-10-5-6-11-17(16)29(18)21/h5-12H,4,13H2,1-3H3. The van der Waals surface area contributed by atoms with E-state index in [1.54, 1.807) is 18.8 Å². The van der Waals surface area contributed by atoms with Crippen LogP contribution in [0.5, 0.6) is 0 Å². The molecule has 0 bridgehead atoms. The fourth-order valence-corrected chi connectivity index (χ4v) is 4.71. The van der Waals surface area contributed by atoms with Crippen LogP contribution >= 0.6 is 11.8 Å². The predicted molar refractivity (Wildman–Crippen MR) is 121 cm³/mol. The number of aryl methyl sites for hydroxylation is 2. The number of rotatable bonds is 5. The summed E-state index contributed by atoms with van der Waals surface area (Å²) >= 11 is 1.56. The van der Waals surface area contributed by atoms with Gasteiger partial charge < -0.3 is 4.57 Å². The summed E-state index contributed by atoms with van der Waals surface area (Å²) in [4.78, 5) is 12.6. The molecule has 5 rings (SSSR count). The van der Waals surface area contributed by atoms with Crippen LogP contribution in [-0.2, 0) is 19.3 Å². The van der Waals surface area contributed by atoms with Gasteiger partial charge in [-0.25, -0.2) is 0 Å². The predicted octanol–water partition coefficient (Wildman–Crippen LogP) is 3.46. The molecule has 0 aliphatic carbocycles. The van der Waals surface area contributed by atoms with Gasteiger partial charge in [-0.2, -0.15) is 0 Å². The Balaban J connectivity index is 1.53. The smallest absolute Gasteiger partial charge is 0.262 e. The highest BCUT2D eigenvalue weighted by Crippen LogP contribution is 2.27.